The summed E-state index contributed by atoms with van der Waals surface area (Å²) in [6.45, 7) is 5.03. The third-order valence-electron chi connectivity index (χ3n) is 2.73. The number of hydrogen-bond acceptors (Lipinski definition) is 3. The van der Waals surface area contributed by atoms with Crippen LogP contribution in [0.15, 0.2) is 28.9 Å². The lowest BCUT2D eigenvalue weighted by Crippen LogP contribution is -2.06. The zero-order valence-corrected chi connectivity index (χ0v) is 13.0. The van der Waals surface area contributed by atoms with Crippen molar-refractivity contribution in [2.45, 2.75) is 20.3 Å². The third-order valence-corrected chi connectivity index (χ3v) is 3.19. The molecule has 0 aliphatic rings. The summed E-state index contributed by atoms with van der Waals surface area (Å²) in [4.78, 5) is 4.51. The number of nitrogens with one attached hydrogen (secondary N) is 1. The first-order valence-electron chi connectivity index (χ1n) is 6.29. The van der Waals surface area contributed by atoms with Crippen LogP contribution in [0.2, 0.25) is 0 Å². The molecule has 5 heteroatoms. The first kappa shape index (κ1) is 13.9. The molecule has 1 aromatic carbocycles. The van der Waals surface area contributed by atoms with E-state index in [0.29, 0.717) is 0 Å². The van der Waals surface area contributed by atoms with E-state index in [9.17, 15) is 0 Å². The van der Waals surface area contributed by atoms with Crippen LogP contribution in [0.1, 0.15) is 19.0 Å². The molecule has 4 nitrogen and oxygen atoms in total. The van der Waals surface area contributed by atoms with Gasteiger partial charge < -0.3 is 10.1 Å². The molecule has 0 unspecified atom stereocenters. The number of aromatic nitrogens is 2. The van der Waals surface area contributed by atoms with Crippen LogP contribution in [0.25, 0.3) is 5.69 Å². The molecule has 102 valence electrons. The second-order valence-electron chi connectivity index (χ2n) is 4.35. The second-order valence-corrected chi connectivity index (χ2v) is 5.27. The Morgan fingerprint density at radius 2 is 2.16 bits per heavy atom. The number of halogens is 1. The predicted octanol–water partition coefficient (Wildman–Crippen LogP) is 3.77. The quantitative estimate of drug-likeness (QED) is 0.910. The molecule has 0 spiro atoms. The maximum Gasteiger partial charge on any atom is 0.207 e. The summed E-state index contributed by atoms with van der Waals surface area (Å²) < 4.78 is 8.32. The normalized spacial score (nSPS) is 10.5. The number of nitrogens with zero attached hydrogens (tertiary/aromatic N) is 2. The molecule has 0 radical (unpaired) electrons. The SMILES string of the molecule is CCCNc1nc(C)cn1-c1cc(Br)cc(OC)c1. The average molecular weight is 324 g/mol. The van der Waals surface area contributed by atoms with Crippen molar-refractivity contribution in [1.29, 1.82) is 0 Å². The van der Waals surface area contributed by atoms with E-state index in [1.807, 2.05) is 35.9 Å². The number of ether oxygens (including phenoxy) is 1. The highest BCUT2D eigenvalue weighted by atomic mass is 79.9. The molecule has 0 bridgehead atoms. The smallest absolute Gasteiger partial charge is 0.207 e. The Hall–Kier alpha value is -1.49. The first-order chi connectivity index (χ1) is 9.13. The molecule has 2 rings (SSSR count). The molecule has 0 fully saturated rings. The number of benzene rings is 1. The number of aryl methyl sites for hydroxylation is 1. The maximum atomic E-state index is 5.30. The molecular weight excluding hydrogens is 306 g/mol. The monoisotopic (exact) mass is 323 g/mol. The average Bonchev–Trinajstić information content (AvgIpc) is 2.76. The largest absolute Gasteiger partial charge is 0.497 e. The zero-order chi connectivity index (χ0) is 13.8. The Morgan fingerprint density at radius 3 is 2.84 bits per heavy atom. The number of rotatable bonds is 5. The van der Waals surface area contributed by atoms with Crippen molar-refractivity contribution in [2.24, 2.45) is 0 Å². The van der Waals surface area contributed by atoms with Crippen molar-refractivity contribution in [3.63, 3.8) is 0 Å². The fourth-order valence-corrected chi connectivity index (χ4v) is 2.32. The van der Waals surface area contributed by atoms with Gasteiger partial charge in [-0.3, -0.25) is 4.57 Å². The minimum absolute atomic E-state index is 0.817. The lowest BCUT2D eigenvalue weighted by Gasteiger charge is -2.11. The summed E-state index contributed by atoms with van der Waals surface area (Å²) in [6, 6.07) is 5.97. The standard InChI is InChI=1S/C14H18BrN3O/c1-4-5-16-14-17-10(2)9-18(14)12-6-11(15)7-13(8-12)19-3/h6-9H,4-5H2,1-3H3,(H,16,17). The molecular formula is C14H18BrN3O. The number of hydrogen-bond donors (Lipinski definition) is 1. The van der Waals surface area contributed by atoms with Crippen LogP contribution >= 0.6 is 15.9 Å². The molecule has 2 aromatic rings. The second kappa shape index (κ2) is 6.10. The molecule has 19 heavy (non-hydrogen) atoms. The van der Waals surface area contributed by atoms with Crippen molar-refractivity contribution >= 4 is 21.9 Å². The number of methoxy groups -OCH3 is 1. The van der Waals surface area contributed by atoms with E-state index >= 15 is 0 Å². The Kier molecular flexibility index (Phi) is 4.47. The van der Waals surface area contributed by atoms with Gasteiger partial charge in [-0.1, -0.05) is 22.9 Å². The Bertz CT molecular complexity index is 566. The van der Waals surface area contributed by atoms with Crippen molar-refractivity contribution in [3.05, 3.63) is 34.6 Å². The summed E-state index contributed by atoms with van der Waals surface area (Å²) >= 11 is 3.50. The van der Waals surface area contributed by atoms with Crippen molar-refractivity contribution in [1.82, 2.24) is 9.55 Å². The van der Waals surface area contributed by atoms with Gasteiger partial charge in [0.15, 0.2) is 0 Å². The molecule has 0 saturated heterocycles. The van der Waals surface area contributed by atoms with Crippen LogP contribution in [0.4, 0.5) is 5.95 Å². The van der Waals surface area contributed by atoms with Crippen molar-refractivity contribution < 1.29 is 4.74 Å². The van der Waals surface area contributed by atoms with Crippen LogP contribution in [0.5, 0.6) is 5.75 Å². The maximum absolute atomic E-state index is 5.30. The Morgan fingerprint density at radius 1 is 1.37 bits per heavy atom. The van der Waals surface area contributed by atoms with Gasteiger partial charge in [0.05, 0.1) is 18.5 Å². The van der Waals surface area contributed by atoms with Gasteiger partial charge in [0.2, 0.25) is 5.95 Å². The van der Waals surface area contributed by atoms with Crippen molar-refractivity contribution in [2.75, 3.05) is 19.0 Å². The molecule has 0 saturated carbocycles. The molecule has 1 N–H and O–H groups in total. The fourth-order valence-electron chi connectivity index (χ4n) is 1.86. The van der Waals surface area contributed by atoms with E-state index < -0.39 is 0 Å². The number of imidazole rings is 1. The van der Waals surface area contributed by atoms with Crippen molar-refractivity contribution in [3.8, 4) is 11.4 Å². The third kappa shape index (κ3) is 3.29. The van der Waals surface area contributed by atoms with E-state index in [0.717, 1.165) is 40.5 Å². The molecule has 1 heterocycles. The summed E-state index contributed by atoms with van der Waals surface area (Å²) in [6.07, 6.45) is 3.08. The Balaban J connectivity index is 2.42. The van der Waals surface area contributed by atoms with Crippen LogP contribution in [0, 0.1) is 6.92 Å². The lowest BCUT2D eigenvalue weighted by atomic mass is 10.3. The topological polar surface area (TPSA) is 39.1 Å². The van der Waals surface area contributed by atoms with E-state index in [1.165, 1.54) is 0 Å². The zero-order valence-electron chi connectivity index (χ0n) is 11.4. The molecule has 0 aliphatic carbocycles. The van der Waals surface area contributed by atoms with E-state index in [-0.39, 0.29) is 0 Å². The molecule has 1 aromatic heterocycles. The Labute approximate surface area is 121 Å². The van der Waals surface area contributed by atoms with Gasteiger partial charge in [-0.15, -0.1) is 0 Å². The lowest BCUT2D eigenvalue weighted by molar-refractivity contribution is 0.414. The van der Waals surface area contributed by atoms with E-state index in [2.05, 4.69) is 33.2 Å². The summed E-state index contributed by atoms with van der Waals surface area (Å²) in [5, 5.41) is 3.33. The van der Waals surface area contributed by atoms with Crippen LogP contribution in [-0.2, 0) is 0 Å². The minimum Gasteiger partial charge on any atom is -0.497 e. The van der Waals surface area contributed by atoms with Gasteiger partial charge in [-0.25, -0.2) is 4.98 Å². The molecule has 0 atom stereocenters. The minimum atomic E-state index is 0.817. The van der Waals surface area contributed by atoms with Gasteiger partial charge in [-0.2, -0.15) is 0 Å². The van der Waals surface area contributed by atoms with Crippen LogP contribution < -0.4 is 10.1 Å². The summed E-state index contributed by atoms with van der Waals surface area (Å²) in [7, 11) is 1.67. The first-order valence-corrected chi connectivity index (χ1v) is 7.08. The number of anilines is 1. The van der Waals surface area contributed by atoms with Crippen LogP contribution in [0.3, 0.4) is 0 Å². The van der Waals surface area contributed by atoms with Gasteiger partial charge in [0.1, 0.15) is 5.75 Å². The van der Waals surface area contributed by atoms with Gasteiger partial charge in [0.25, 0.3) is 0 Å². The molecule has 0 amide bonds. The van der Waals surface area contributed by atoms with E-state index in [4.69, 9.17) is 4.74 Å². The van der Waals surface area contributed by atoms with Crippen LogP contribution in [-0.4, -0.2) is 23.2 Å². The summed E-state index contributed by atoms with van der Waals surface area (Å²) in [5.41, 5.74) is 2.00. The van der Waals surface area contributed by atoms with Gasteiger partial charge in [0, 0.05) is 23.3 Å². The highest BCUT2D eigenvalue weighted by molar-refractivity contribution is 9.10. The summed E-state index contributed by atoms with van der Waals surface area (Å²) in [5.74, 6) is 1.68. The molecule has 0 aliphatic heterocycles. The highest BCUT2D eigenvalue weighted by Gasteiger charge is 2.09. The predicted molar refractivity (Wildman–Crippen MR) is 81.3 cm³/mol. The van der Waals surface area contributed by atoms with Gasteiger partial charge in [-0.05, 0) is 25.5 Å². The highest BCUT2D eigenvalue weighted by Crippen LogP contribution is 2.26. The fraction of sp³-hybridized carbons (Fsp3) is 0.357. The van der Waals surface area contributed by atoms with E-state index in [1.54, 1.807) is 7.11 Å². The van der Waals surface area contributed by atoms with Gasteiger partial charge >= 0.3 is 0 Å².